The zero-order valence-corrected chi connectivity index (χ0v) is 12.4. The molecule has 0 aromatic rings. The fourth-order valence-electron chi connectivity index (χ4n) is 0.682. The first-order valence-electron chi connectivity index (χ1n) is 5.52. The summed E-state index contributed by atoms with van der Waals surface area (Å²) in [5, 5.41) is 0. The normalized spacial score (nSPS) is 10.1. The lowest BCUT2D eigenvalue weighted by molar-refractivity contribution is -0.137. The van der Waals surface area contributed by atoms with E-state index in [1.807, 2.05) is 33.0 Å². The molecule has 0 saturated heterocycles. The van der Waals surface area contributed by atoms with Crippen molar-refractivity contribution in [1.29, 1.82) is 0 Å². The predicted molar refractivity (Wildman–Crippen MR) is 70.4 cm³/mol. The molecule has 0 fully saturated rings. The molecule has 0 aliphatic heterocycles. The van der Waals surface area contributed by atoms with Crippen LogP contribution in [-0.4, -0.2) is 55.0 Å². The molecule has 0 spiro atoms. The van der Waals surface area contributed by atoms with E-state index in [0.29, 0.717) is 6.61 Å². The summed E-state index contributed by atoms with van der Waals surface area (Å²) in [6.45, 7) is 6.58. The quantitative estimate of drug-likeness (QED) is 0.289. The van der Waals surface area contributed by atoms with Crippen LogP contribution < -0.4 is 0 Å². The Morgan fingerprint density at radius 3 is 2.44 bits per heavy atom. The molecule has 0 aromatic carbocycles. The minimum absolute atomic E-state index is 0.340. The van der Waals surface area contributed by atoms with Crippen molar-refractivity contribution < 1.29 is 14.0 Å². The molecule has 0 unspecified atom stereocenters. The lowest BCUT2D eigenvalue weighted by atomic mass is 10.5. The second-order valence-corrected chi connectivity index (χ2v) is 5.14. The largest absolute Gasteiger partial charge is 0.463 e. The molecule has 0 amide bonds. The smallest absolute Gasteiger partial charge is 0.330 e. The van der Waals surface area contributed by atoms with Crippen LogP contribution in [0, 0.1) is 0 Å². The summed E-state index contributed by atoms with van der Waals surface area (Å²) >= 11 is 0. The number of carbonyl (C=O) groups is 1. The monoisotopic (exact) mass is 247 g/mol. The maximum Gasteiger partial charge on any atom is 0.330 e. The lowest BCUT2D eigenvalue weighted by Gasteiger charge is -2.01. The standard InChI is InChI=1S/C8H16O3Si.C3H9N/c1-3-8(9)10-6-5-7-12-11-4-2;1-4(2)3/h3H,1,4-7,12H2,2H3;1-3H3. The summed E-state index contributed by atoms with van der Waals surface area (Å²) in [5.74, 6) is -0.340. The molecule has 5 heteroatoms. The van der Waals surface area contributed by atoms with Crippen LogP contribution in [0.4, 0.5) is 0 Å². The Kier molecular flexibility index (Phi) is 15.9. The molecule has 0 N–H and O–H groups in total. The molecule has 4 nitrogen and oxygen atoms in total. The second-order valence-electron chi connectivity index (χ2n) is 3.62. The maximum absolute atomic E-state index is 10.5. The van der Waals surface area contributed by atoms with Crippen LogP contribution in [0.1, 0.15) is 13.3 Å². The van der Waals surface area contributed by atoms with Gasteiger partial charge in [0.15, 0.2) is 9.76 Å². The molecule has 0 atom stereocenters. The van der Waals surface area contributed by atoms with E-state index in [2.05, 4.69) is 6.58 Å². The highest BCUT2D eigenvalue weighted by Crippen LogP contribution is 1.91. The van der Waals surface area contributed by atoms with E-state index in [4.69, 9.17) is 9.16 Å². The van der Waals surface area contributed by atoms with Crippen LogP contribution >= 0.6 is 0 Å². The topological polar surface area (TPSA) is 38.8 Å². The molecule has 0 rings (SSSR count). The number of esters is 1. The van der Waals surface area contributed by atoms with E-state index in [0.717, 1.165) is 19.1 Å². The van der Waals surface area contributed by atoms with E-state index >= 15 is 0 Å². The van der Waals surface area contributed by atoms with Gasteiger partial charge in [-0.05, 0) is 40.5 Å². The van der Waals surface area contributed by atoms with E-state index in [1.165, 1.54) is 6.08 Å². The van der Waals surface area contributed by atoms with E-state index in [1.54, 1.807) is 0 Å². The highest BCUT2D eigenvalue weighted by molar-refractivity contribution is 6.26. The zero-order valence-electron chi connectivity index (χ0n) is 11.0. The molecular formula is C11H25NO3Si. The second kappa shape index (κ2) is 14.3. The fraction of sp³-hybridized carbons (Fsp3) is 0.727. The van der Waals surface area contributed by atoms with Crippen molar-refractivity contribution >= 4 is 15.7 Å². The van der Waals surface area contributed by atoms with Gasteiger partial charge in [-0.25, -0.2) is 4.79 Å². The highest BCUT2D eigenvalue weighted by atomic mass is 28.2. The maximum atomic E-state index is 10.5. The van der Waals surface area contributed by atoms with Gasteiger partial charge in [0.05, 0.1) is 6.61 Å². The molecule has 0 radical (unpaired) electrons. The van der Waals surface area contributed by atoms with Crippen molar-refractivity contribution in [1.82, 2.24) is 4.90 Å². The Bertz CT molecular complexity index is 172. The summed E-state index contributed by atoms with van der Waals surface area (Å²) in [6.07, 6.45) is 2.09. The third-order valence-corrected chi connectivity index (χ3v) is 2.78. The summed E-state index contributed by atoms with van der Waals surface area (Å²) in [7, 11) is 5.64. The first-order chi connectivity index (χ1) is 7.54. The Labute approximate surface area is 102 Å². The van der Waals surface area contributed by atoms with Crippen LogP contribution in [0.25, 0.3) is 0 Å². The van der Waals surface area contributed by atoms with E-state index in [9.17, 15) is 4.79 Å². The first-order valence-corrected chi connectivity index (χ1v) is 7.10. The molecule has 96 valence electrons. The van der Waals surface area contributed by atoms with Gasteiger partial charge in [-0.15, -0.1) is 0 Å². The summed E-state index contributed by atoms with van der Waals surface area (Å²) in [5.41, 5.74) is 0. The summed E-state index contributed by atoms with van der Waals surface area (Å²) < 4.78 is 10.0. The van der Waals surface area contributed by atoms with Crippen molar-refractivity contribution in [3.63, 3.8) is 0 Å². The SMILES string of the molecule is C=CC(=O)OCCC[SiH2]OCC.CN(C)C. The van der Waals surface area contributed by atoms with Gasteiger partial charge in [0, 0.05) is 12.7 Å². The average Bonchev–Trinajstić information content (AvgIpc) is 2.22. The number of hydrogen-bond acceptors (Lipinski definition) is 4. The van der Waals surface area contributed by atoms with Crippen molar-refractivity contribution in [2.75, 3.05) is 34.4 Å². The van der Waals surface area contributed by atoms with Gasteiger partial charge < -0.3 is 14.1 Å². The molecule has 0 saturated carbocycles. The Balaban J connectivity index is 0. The molecule has 0 heterocycles. The van der Waals surface area contributed by atoms with Gasteiger partial charge in [0.1, 0.15) is 0 Å². The number of hydrogen-bond donors (Lipinski definition) is 0. The van der Waals surface area contributed by atoms with Gasteiger partial charge in [-0.1, -0.05) is 6.58 Å². The van der Waals surface area contributed by atoms with Crippen LogP contribution in [0.5, 0.6) is 0 Å². The number of ether oxygens (including phenoxy) is 1. The van der Waals surface area contributed by atoms with Gasteiger partial charge in [-0.2, -0.15) is 0 Å². The molecule has 0 aromatic heterocycles. The van der Waals surface area contributed by atoms with Crippen molar-refractivity contribution in [2.45, 2.75) is 19.4 Å². The number of carbonyl (C=O) groups excluding carboxylic acids is 1. The number of nitrogens with zero attached hydrogens (tertiary/aromatic N) is 1. The summed E-state index contributed by atoms with van der Waals surface area (Å²) in [4.78, 5) is 12.5. The van der Waals surface area contributed by atoms with E-state index in [-0.39, 0.29) is 15.7 Å². The Morgan fingerprint density at radius 2 is 2.00 bits per heavy atom. The molecule has 16 heavy (non-hydrogen) atoms. The Morgan fingerprint density at radius 1 is 1.44 bits per heavy atom. The zero-order chi connectivity index (χ0) is 12.8. The molecule has 0 aliphatic carbocycles. The first kappa shape index (κ1) is 17.7. The average molecular weight is 247 g/mol. The fourth-order valence-corrected chi connectivity index (χ4v) is 1.58. The minimum Gasteiger partial charge on any atom is -0.463 e. The predicted octanol–water partition coefficient (Wildman–Crippen LogP) is 0.822. The van der Waals surface area contributed by atoms with Crippen LogP contribution in [0.3, 0.4) is 0 Å². The third-order valence-electron chi connectivity index (χ3n) is 1.30. The van der Waals surface area contributed by atoms with Crippen molar-refractivity contribution in [2.24, 2.45) is 0 Å². The molecular weight excluding hydrogens is 222 g/mol. The van der Waals surface area contributed by atoms with Gasteiger partial charge in [0.25, 0.3) is 0 Å². The minimum atomic E-state index is -0.357. The molecule has 0 bridgehead atoms. The van der Waals surface area contributed by atoms with Crippen molar-refractivity contribution in [3.8, 4) is 0 Å². The summed E-state index contributed by atoms with van der Waals surface area (Å²) in [6, 6.07) is 1.07. The third kappa shape index (κ3) is 23.3. The van der Waals surface area contributed by atoms with Gasteiger partial charge in [0.2, 0.25) is 0 Å². The lowest BCUT2D eigenvalue weighted by Crippen LogP contribution is -2.04. The van der Waals surface area contributed by atoms with E-state index < -0.39 is 0 Å². The van der Waals surface area contributed by atoms with Crippen LogP contribution in [0.15, 0.2) is 12.7 Å². The molecule has 0 aliphatic rings. The number of rotatable bonds is 7. The van der Waals surface area contributed by atoms with Crippen LogP contribution in [-0.2, 0) is 14.0 Å². The van der Waals surface area contributed by atoms with Crippen LogP contribution in [0.2, 0.25) is 6.04 Å². The Hall–Kier alpha value is -0.653. The van der Waals surface area contributed by atoms with Gasteiger partial charge in [-0.3, -0.25) is 0 Å². The highest BCUT2D eigenvalue weighted by Gasteiger charge is 1.94. The van der Waals surface area contributed by atoms with Crippen molar-refractivity contribution in [3.05, 3.63) is 12.7 Å². The van der Waals surface area contributed by atoms with Gasteiger partial charge >= 0.3 is 5.97 Å².